The first-order valence-corrected chi connectivity index (χ1v) is 8.26. The molecule has 1 N–H and O–H groups in total. The van der Waals surface area contributed by atoms with Crippen molar-refractivity contribution >= 4 is 5.95 Å². The summed E-state index contributed by atoms with van der Waals surface area (Å²) < 4.78 is 7.09. The molecule has 126 valence electrons. The first-order valence-electron chi connectivity index (χ1n) is 8.26. The van der Waals surface area contributed by atoms with Crippen molar-refractivity contribution in [3.8, 4) is 22.7 Å². The number of hydrogen-bond acceptors (Lipinski definition) is 5. The zero-order valence-corrected chi connectivity index (χ0v) is 14.0. The van der Waals surface area contributed by atoms with E-state index >= 15 is 0 Å². The Kier molecular flexibility index (Phi) is 4.16. The van der Waals surface area contributed by atoms with E-state index in [0.717, 1.165) is 35.5 Å². The lowest BCUT2D eigenvalue weighted by Crippen LogP contribution is -2.17. The van der Waals surface area contributed by atoms with Gasteiger partial charge in [-0.25, -0.2) is 14.6 Å². The van der Waals surface area contributed by atoms with Gasteiger partial charge in [0.1, 0.15) is 5.75 Å². The third-order valence-electron chi connectivity index (χ3n) is 4.19. The number of ether oxygens (including phenoxy) is 1. The minimum Gasteiger partial charge on any atom is -0.497 e. The third kappa shape index (κ3) is 3.38. The van der Waals surface area contributed by atoms with Crippen molar-refractivity contribution in [2.75, 3.05) is 12.4 Å². The molecule has 6 nitrogen and oxygen atoms in total. The zero-order valence-electron chi connectivity index (χ0n) is 14.0. The fourth-order valence-electron chi connectivity index (χ4n) is 2.86. The molecule has 2 aromatic heterocycles. The molecule has 0 atom stereocenters. The van der Waals surface area contributed by atoms with Gasteiger partial charge in [-0.2, -0.15) is 5.10 Å². The van der Waals surface area contributed by atoms with Gasteiger partial charge in [-0.15, -0.1) is 0 Å². The van der Waals surface area contributed by atoms with E-state index in [2.05, 4.69) is 32.5 Å². The average Bonchev–Trinajstić information content (AvgIpc) is 3.34. The van der Waals surface area contributed by atoms with Crippen LogP contribution in [0.3, 0.4) is 0 Å². The highest BCUT2D eigenvalue weighted by Gasteiger charge is 2.12. The molecule has 0 aliphatic heterocycles. The molecule has 2 heterocycles. The van der Waals surface area contributed by atoms with Crippen LogP contribution in [-0.4, -0.2) is 32.9 Å². The van der Waals surface area contributed by atoms with Crippen LogP contribution in [0.1, 0.15) is 12.8 Å². The molecule has 25 heavy (non-hydrogen) atoms. The van der Waals surface area contributed by atoms with Gasteiger partial charge >= 0.3 is 0 Å². The van der Waals surface area contributed by atoms with Crippen molar-refractivity contribution in [2.45, 2.75) is 18.9 Å². The fourth-order valence-corrected chi connectivity index (χ4v) is 2.86. The summed E-state index contributed by atoms with van der Waals surface area (Å²) in [4.78, 5) is 8.94. The fraction of sp³-hybridized carbons (Fsp3) is 0.211. The number of rotatable bonds is 5. The predicted molar refractivity (Wildman–Crippen MR) is 96.9 cm³/mol. The van der Waals surface area contributed by atoms with Gasteiger partial charge in [0.15, 0.2) is 0 Å². The van der Waals surface area contributed by atoms with Gasteiger partial charge in [0, 0.05) is 30.1 Å². The van der Waals surface area contributed by atoms with E-state index in [1.54, 1.807) is 13.3 Å². The molecule has 0 saturated heterocycles. The summed E-state index contributed by atoms with van der Waals surface area (Å²) in [5, 5.41) is 7.82. The lowest BCUT2D eigenvalue weighted by Gasteiger charge is -2.11. The van der Waals surface area contributed by atoms with Gasteiger partial charge in [-0.05, 0) is 31.0 Å². The number of aromatic nitrogens is 4. The maximum atomic E-state index is 5.27. The number of anilines is 1. The molecule has 0 radical (unpaired) electrons. The summed E-state index contributed by atoms with van der Waals surface area (Å²) in [6, 6.07) is 10.1. The Morgan fingerprint density at radius 1 is 1.20 bits per heavy atom. The lowest BCUT2D eigenvalue weighted by molar-refractivity contribution is 0.414. The van der Waals surface area contributed by atoms with Crippen molar-refractivity contribution in [1.82, 2.24) is 19.7 Å². The van der Waals surface area contributed by atoms with Gasteiger partial charge in [0.25, 0.3) is 0 Å². The Labute approximate surface area is 146 Å². The SMILES string of the molecule is COc1cccc(-n2cc(-c3ccnc(NC4CC=CC4)n3)cn2)c1. The van der Waals surface area contributed by atoms with Crippen LogP contribution in [0.15, 0.2) is 61.1 Å². The Balaban J connectivity index is 1.57. The van der Waals surface area contributed by atoms with Crippen molar-refractivity contribution in [3.63, 3.8) is 0 Å². The molecule has 0 spiro atoms. The smallest absolute Gasteiger partial charge is 0.223 e. The van der Waals surface area contributed by atoms with Crippen LogP contribution in [0, 0.1) is 0 Å². The van der Waals surface area contributed by atoms with E-state index in [0.29, 0.717) is 12.0 Å². The Morgan fingerprint density at radius 3 is 2.92 bits per heavy atom. The standard InChI is InChI=1S/C19H19N5O/c1-25-17-8-4-7-16(11-17)24-13-14(12-21-24)18-9-10-20-19(23-18)22-15-5-2-3-6-15/h2-4,7-13,15H,5-6H2,1H3,(H,20,22,23). The van der Waals surface area contributed by atoms with E-state index in [1.807, 2.05) is 47.4 Å². The van der Waals surface area contributed by atoms with Gasteiger partial charge in [-0.1, -0.05) is 18.2 Å². The zero-order chi connectivity index (χ0) is 17.1. The highest BCUT2D eigenvalue weighted by Crippen LogP contribution is 2.22. The molecule has 3 aromatic rings. The summed E-state index contributed by atoms with van der Waals surface area (Å²) in [5.41, 5.74) is 2.73. The minimum absolute atomic E-state index is 0.384. The van der Waals surface area contributed by atoms with Gasteiger partial charge in [0.05, 0.1) is 24.7 Å². The van der Waals surface area contributed by atoms with E-state index in [4.69, 9.17) is 4.74 Å². The summed E-state index contributed by atoms with van der Waals surface area (Å²) >= 11 is 0. The molecule has 0 unspecified atom stereocenters. The number of nitrogens with one attached hydrogen (secondary N) is 1. The van der Waals surface area contributed by atoms with Crippen molar-refractivity contribution in [1.29, 1.82) is 0 Å². The molecule has 6 heteroatoms. The number of hydrogen-bond donors (Lipinski definition) is 1. The molecular formula is C19H19N5O. The van der Waals surface area contributed by atoms with Gasteiger partial charge in [-0.3, -0.25) is 0 Å². The lowest BCUT2D eigenvalue weighted by atomic mass is 10.2. The summed E-state index contributed by atoms with van der Waals surface area (Å²) in [6.45, 7) is 0. The third-order valence-corrected chi connectivity index (χ3v) is 4.19. The molecule has 4 rings (SSSR count). The Morgan fingerprint density at radius 2 is 2.08 bits per heavy atom. The summed E-state index contributed by atoms with van der Waals surface area (Å²) in [7, 11) is 1.66. The van der Waals surface area contributed by atoms with Crippen molar-refractivity contribution in [2.24, 2.45) is 0 Å². The van der Waals surface area contributed by atoms with Crippen LogP contribution >= 0.6 is 0 Å². The minimum atomic E-state index is 0.384. The number of methoxy groups -OCH3 is 1. The van der Waals surface area contributed by atoms with Crippen LogP contribution in [0.2, 0.25) is 0 Å². The Hall–Kier alpha value is -3.15. The summed E-state index contributed by atoms with van der Waals surface area (Å²) in [6.07, 6.45) is 11.9. The van der Waals surface area contributed by atoms with Crippen LogP contribution in [0.25, 0.3) is 16.9 Å². The largest absolute Gasteiger partial charge is 0.497 e. The number of nitrogens with zero attached hydrogens (tertiary/aromatic N) is 4. The molecule has 1 aliphatic carbocycles. The van der Waals surface area contributed by atoms with Crippen LogP contribution in [0.4, 0.5) is 5.95 Å². The van der Waals surface area contributed by atoms with Crippen molar-refractivity contribution in [3.05, 3.63) is 61.1 Å². The quantitative estimate of drug-likeness (QED) is 0.724. The second kappa shape index (κ2) is 6.76. The molecule has 0 saturated carbocycles. The normalized spacial score (nSPS) is 14.0. The summed E-state index contributed by atoms with van der Waals surface area (Å²) in [5.74, 6) is 1.45. The Bertz CT molecular complexity index is 894. The second-order valence-corrected chi connectivity index (χ2v) is 5.92. The van der Waals surface area contributed by atoms with Gasteiger partial charge in [0.2, 0.25) is 5.95 Å². The number of benzene rings is 1. The van der Waals surface area contributed by atoms with Crippen LogP contribution in [-0.2, 0) is 0 Å². The maximum absolute atomic E-state index is 5.27. The molecular weight excluding hydrogens is 314 g/mol. The predicted octanol–water partition coefficient (Wildman–Crippen LogP) is 3.47. The van der Waals surface area contributed by atoms with Crippen LogP contribution < -0.4 is 10.1 Å². The molecule has 1 aliphatic rings. The van der Waals surface area contributed by atoms with E-state index in [-0.39, 0.29) is 0 Å². The second-order valence-electron chi connectivity index (χ2n) is 5.92. The first kappa shape index (κ1) is 15.4. The highest BCUT2D eigenvalue weighted by molar-refractivity contribution is 5.59. The topological polar surface area (TPSA) is 64.9 Å². The highest BCUT2D eigenvalue weighted by atomic mass is 16.5. The molecule has 1 aromatic carbocycles. The molecule has 0 bridgehead atoms. The first-order chi connectivity index (χ1) is 12.3. The molecule has 0 amide bonds. The molecule has 0 fully saturated rings. The van der Waals surface area contributed by atoms with E-state index < -0.39 is 0 Å². The van der Waals surface area contributed by atoms with Gasteiger partial charge < -0.3 is 10.1 Å². The van der Waals surface area contributed by atoms with Crippen molar-refractivity contribution < 1.29 is 4.74 Å². The van der Waals surface area contributed by atoms with E-state index in [9.17, 15) is 0 Å². The maximum Gasteiger partial charge on any atom is 0.223 e. The van der Waals surface area contributed by atoms with E-state index in [1.165, 1.54) is 0 Å². The average molecular weight is 333 g/mol. The monoisotopic (exact) mass is 333 g/mol. The van der Waals surface area contributed by atoms with Crippen LogP contribution in [0.5, 0.6) is 5.75 Å².